The van der Waals surface area contributed by atoms with Crippen LogP contribution in [-0.4, -0.2) is 37.5 Å². The predicted molar refractivity (Wildman–Crippen MR) is 120 cm³/mol. The van der Waals surface area contributed by atoms with Crippen LogP contribution in [0.15, 0.2) is 47.3 Å². The fourth-order valence-electron chi connectivity index (χ4n) is 2.91. The number of benzene rings is 2. The molecule has 0 radical (unpaired) electrons. The lowest BCUT2D eigenvalue weighted by molar-refractivity contribution is 0.415. The van der Waals surface area contributed by atoms with Gasteiger partial charge in [-0.1, -0.05) is 35.3 Å². The topological polar surface area (TPSA) is 59.4 Å². The number of ether oxygens (including phenoxy) is 1. The molecule has 8 heteroatoms. The minimum atomic E-state index is -0.304. The first kappa shape index (κ1) is 21.0. The second-order valence-corrected chi connectivity index (χ2v) is 7.23. The van der Waals surface area contributed by atoms with E-state index in [1.54, 1.807) is 32.4 Å². The fourth-order valence-corrected chi connectivity index (χ4v) is 3.56. The Bertz CT molecular complexity index is 1080. The van der Waals surface area contributed by atoms with E-state index in [-0.39, 0.29) is 5.56 Å². The molecule has 152 valence electrons. The maximum Gasteiger partial charge on any atom is 0.295 e. The summed E-state index contributed by atoms with van der Waals surface area (Å²) in [6.07, 6.45) is 0. The molecule has 0 bridgehead atoms. The van der Waals surface area contributed by atoms with Crippen molar-refractivity contribution < 1.29 is 4.74 Å². The van der Waals surface area contributed by atoms with E-state index in [1.807, 2.05) is 43.1 Å². The van der Waals surface area contributed by atoms with Gasteiger partial charge in [-0.05, 0) is 37.3 Å². The summed E-state index contributed by atoms with van der Waals surface area (Å²) in [5.41, 5.74) is 2.68. The Balaban J connectivity index is 2.31. The smallest absolute Gasteiger partial charge is 0.295 e. The van der Waals surface area contributed by atoms with Gasteiger partial charge in [-0.15, -0.1) is 0 Å². The van der Waals surface area contributed by atoms with E-state index in [1.165, 1.54) is 4.68 Å². The van der Waals surface area contributed by atoms with E-state index in [2.05, 4.69) is 10.4 Å². The molecule has 0 aliphatic rings. The zero-order valence-electron chi connectivity index (χ0n) is 16.7. The second kappa shape index (κ2) is 8.76. The van der Waals surface area contributed by atoms with Crippen LogP contribution in [0.1, 0.15) is 6.92 Å². The number of anilines is 2. The van der Waals surface area contributed by atoms with Gasteiger partial charge in [0.1, 0.15) is 17.1 Å². The zero-order chi connectivity index (χ0) is 21.1. The van der Waals surface area contributed by atoms with E-state index in [9.17, 15) is 4.79 Å². The van der Waals surface area contributed by atoms with Crippen LogP contribution in [0.2, 0.25) is 10.0 Å². The average molecular weight is 433 g/mol. The van der Waals surface area contributed by atoms with Gasteiger partial charge >= 0.3 is 0 Å². The molecule has 1 heterocycles. The van der Waals surface area contributed by atoms with Gasteiger partial charge in [0, 0.05) is 31.9 Å². The number of hydrogen-bond donors (Lipinski definition) is 1. The molecule has 2 aromatic carbocycles. The van der Waals surface area contributed by atoms with Gasteiger partial charge in [0.2, 0.25) is 0 Å². The van der Waals surface area contributed by atoms with Crippen molar-refractivity contribution in [2.45, 2.75) is 6.92 Å². The molecule has 0 atom stereocenters. The van der Waals surface area contributed by atoms with E-state index in [0.29, 0.717) is 39.4 Å². The Morgan fingerprint density at radius 2 is 1.86 bits per heavy atom. The Kier molecular flexibility index (Phi) is 6.35. The van der Waals surface area contributed by atoms with Crippen molar-refractivity contribution in [3.05, 3.63) is 62.9 Å². The molecule has 1 aromatic heterocycles. The van der Waals surface area contributed by atoms with Gasteiger partial charge in [0.15, 0.2) is 0 Å². The summed E-state index contributed by atoms with van der Waals surface area (Å²) in [4.78, 5) is 15.1. The molecule has 6 nitrogen and oxygen atoms in total. The third-order valence-corrected chi connectivity index (χ3v) is 5.24. The van der Waals surface area contributed by atoms with Crippen LogP contribution in [0, 0.1) is 0 Å². The zero-order valence-corrected chi connectivity index (χ0v) is 18.2. The van der Waals surface area contributed by atoms with Crippen LogP contribution in [0.25, 0.3) is 16.9 Å². The molecular formula is C21H22Cl2N4O2. The highest BCUT2D eigenvalue weighted by Crippen LogP contribution is 2.32. The molecule has 0 aliphatic heterocycles. The van der Waals surface area contributed by atoms with Crippen LogP contribution in [0.5, 0.6) is 5.75 Å². The minimum absolute atomic E-state index is 0.304. The number of hydrogen-bond acceptors (Lipinski definition) is 5. The highest BCUT2D eigenvalue weighted by molar-refractivity contribution is 6.38. The molecule has 0 fully saturated rings. The molecule has 0 saturated heterocycles. The van der Waals surface area contributed by atoms with Gasteiger partial charge < -0.3 is 15.0 Å². The van der Waals surface area contributed by atoms with Crippen molar-refractivity contribution in [2.24, 2.45) is 0 Å². The Hall–Kier alpha value is -2.70. The Labute approximate surface area is 179 Å². The fraction of sp³-hybridized carbons (Fsp3) is 0.238. The van der Waals surface area contributed by atoms with Gasteiger partial charge in [-0.25, -0.2) is 0 Å². The maximum atomic E-state index is 13.2. The third kappa shape index (κ3) is 4.18. The number of rotatable bonds is 6. The van der Waals surface area contributed by atoms with E-state index in [4.69, 9.17) is 27.9 Å². The van der Waals surface area contributed by atoms with Crippen molar-refractivity contribution in [2.75, 3.05) is 38.0 Å². The van der Waals surface area contributed by atoms with Crippen LogP contribution < -0.4 is 20.5 Å². The van der Waals surface area contributed by atoms with Crippen LogP contribution in [0.3, 0.4) is 0 Å². The van der Waals surface area contributed by atoms with Gasteiger partial charge in [0.05, 0.1) is 22.8 Å². The first-order chi connectivity index (χ1) is 13.9. The summed E-state index contributed by atoms with van der Waals surface area (Å²) in [6, 6.07) is 12.7. The predicted octanol–water partition coefficient (Wildman–Crippen LogP) is 4.71. The first-order valence-electron chi connectivity index (χ1n) is 9.06. The highest BCUT2D eigenvalue weighted by Gasteiger charge is 2.19. The molecule has 29 heavy (non-hydrogen) atoms. The van der Waals surface area contributed by atoms with Crippen molar-refractivity contribution in [1.29, 1.82) is 0 Å². The molecule has 0 saturated carbocycles. The van der Waals surface area contributed by atoms with E-state index in [0.717, 1.165) is 11.3 Å². The molecule has 0 aliphatic carbocycles. The Morgan fingerprint density at radius 1 is 1.17 bits per heavy atom. The number of nitrogens with zero attached hydrogens (tertiary/aromatic N) is 3. The number of nitrogens with one attached hydrogen (secondary N) is 1. The first-order valence-corrected chi connectivity index (χ1v) is 9.82. The van der Waals surface area contributed by atoms with Crippen molar-refractivity contribution in [3.8, 4) is 22.7 Å². The summed E-state index contributed by atoms with van der Waals surface area (Å²) in [6.45, 7) is 2.62. The van der Waals surface area contributed by atoms with Gasteiger partial charge in [0.25, 0.3) is 5.56 Å². The lowest BCUT2D eigenvalue weighted by Crippen LogP contribution is -2.30. The van der Waals surface area contributed by atoms with Crippen LogP contribution >= 0.6 is 23.2 Å². The summed E-state index contributed by atoms with van der Waals surface area (Å²) >= 11 is 12.9. The lowest BCUT2D eigenvalue weighted by atomic mass is 10.1. The van der Waals surface area contributed by atoms with Crippen molar-refractivity contribution >= 4 is 34.6 Å². The van der Waals surface area contributed by atoms with Gasteiger partial charge in [-0.2, -0.15) is 9.78 Å². The largest absolute Gasteiger partial charge is 0.497 e. The van der Waals surface area contributed by atoms with E-state index >= 15 is 0 Å². The number of methoxy groups -OCH3 is 1. The molecule has 0 amide bonds. The average Bonchev–Trinajstić information content (AvgIpc) is 2.73. The standard InChI is InChI=1S/C21H22Cl2N4O2/c1-5-26(3)19-12-18(13-7-6-8-15(9-13)29-4)25-27(21(19)28)20-16(22)10-14(24-2)11-17(20)23/h6-12,24H,5H2,1-4H3. The third-order valence-electron chi connectivity index (χ3n) is 4.66. The van der Waals surface area contributed by atoms with Crippen LogP contribution in [0.4, 0.5) is 11.4 Å². The number of aromatic nitrogens is 2. The summed E-state index contributed by atoms with van der Waals surface area (Å²) < 4.78 is 6.59. The monoisotopic (exact) mass is 432 g/mol. The summed E-state index contributed by atoms with van der Waals surface area (Å²) in [5, 5.41) is 8.21. The molecule has 1 N–H and O–H groups in total. The number of halogens is 2. The van der Waals surface area contributed by atoms with Gasteiger partial charge in [-0.3, -0.25) is 4.79 Å². The molecule has 0 unspecified atom stereocenters. The summed E-state index contributed by atoms with van der Waals surface area (Å²) in [5.74, 6) is 0.696. The maximum absolute atomic E-state index is 13.2. The van der Waals surface area contributed by atoms with Crippen molar-refractivity contribution in [3.63, 3.8) is 0 Å². The molecule has 3 rings (SSSR count). The van der Waals surface area contributed by atoms with E-state index < -0.39 is 0 Å². The second-order valence-electron chi connectivity index (χ2n) is 6.42. The quantitative estimate of drug-likeness (QED) is 0.610. The molecule has 3 aromatic rings. The SMILES string of the molecule is CCN(C)c1cc(-c2cccc(OC)c2)nn(-c2c(Cl)cc(NC)cc2Cl)c1=O. The lowest BCUT2D eigenvalue weighted by Gasteiger charge is -2.20. The normalized spacial score (nSPS) is 10.7. The molecular weight excluding hydrogens is 411 g/mol. The summed E-state index contributed by atoms with van der Waals surface area (Å²) in [7, 11) is 5.22. The molecule has 0 spiro atoms. The minimum Gasteiger partial charge on any atom is -0.497 e. The Morgan fingerprint density at radius 3 is 2.45 bits per heavy atom. The van der Waals surface area contributed by atoms with Crippen molar-refractivity contribution in [1.82, 2.24) is 9.78 Å². The van der Waals surface area contributed by atoms with Crippen LogP contribution in [-0.2, 0) is 0 Å². The highest BCUT2D eigenvalue weighted by atomic mass is 35.5.